The zero-order valence-corrected chi connectivity index (χ0v) is 16.1. The normalized spacial score (nSPS) is 22.6. The molecular formula is C19H21F3N4O2. The van der Waals surface area contributed by atoms with Crippen molar-refractivity contribution in [2.45, 2.75) is 25.9 Å². The second-order valence-electron chi connectivity index (χ2n) is 7.60. The first-order valence-electron chi connectivity index (χ1n) is 9.04. The second-order valence-corrected chi connectivity index (χ2v) is 7.60. The molecule has 1 amide bonds. The van der Waals surface area contributed by atoms with Crippen molar-refractivity contribution in [3.05, 3.63) is 33.6 Å². The number of carbonyl (C=O) groups excluding carboxylic acids is 1. The summed E-state index contributed by atoms with van der Waals surface area (Å²) in [7, 11) is 3.19. The molecule has 0 N–H and O–H groups in total. The number of piperazine rings is 1. The van der Waals surface area contributed by atoms with Crippen LogP contribution < -0.4 is 15.4 Å². The summed E-state index contributed by atoms with van der Waals surface area (Å²) in [6.07, 6.45) is 0. The number of nitrogens with zero attached hydrogens (tertiary/aromatic N) is 4. The highest BCUT2D eigenvalue weighted by atomic mass is 19.1. The Bertz CT molecular complexity index is 1070. The van der Waals surface area contributed by atoms with Gasteiger partial charge in [-0.1, -0.05) is 0 Å². The van der Waals surface area contributed by atoms with E-state index >= 15 is 0 Å². The third-order valence-corrected chi connectivity index (χ3v) is 6.02. The van der Waals surface area contributed by atoms with Crippen LogP contribution in [0, 0.1) is 18.6 Å². The van der Waals surface area contributed by atoms with Crippen LogP contribution in [-0.2, 0) is 11.8 Å². The average molecular weight is 394 g/mol. The van der Waals surface area contributed by atoms with Crippen LogP contribution in [0.1, 0.15) is 12.5 Å². The molecule has 150 valence electrons. The fourth-order valence-corrected chi connectivity index (χ4v) is 4.21. The van der Waals surface area contributed by atoms with Crippen LogP contribution in [0.25, 0.3) is 10.9 Å². The smallest absolute Gasteiger partial charge is 0.277 e. The van der Waals surface area contributed by atoms with Gasteiger partial charge in [0.1, 0.15) is 17.5 Å². The number of amides is 1. The van der Waals surface area contributed by atoms with Crippen molar-refractivity contribution in [1.29, 1.82) is 0 Å². The maximum Gasteiger partial charge on any atom is 0.277 e. The molecular weight excluding hydrogens is 373 g/mol. The number of aromatic nitrogens is 1. The fourth-order valence-electron chi connectivity index (χ4n) is 4.21. The predicted octanol–water partition coefficient (Wildman–Crippen LogP) is 1.91. The molecule has 1 aromatic heterocycles. The van der Waals surface area contributed by atoms with Crippen LogP contribution in [0.4, 0.5) is 24.5 Å². The van der Waals surface area contributed by atoms with E-state index in [-0.39, 0.29) is 33.9 Å². The van der Waals surface area contributed by atoms with E-state index in [1.165, 1.54) is 14.0 Å². The molecule has 1 aromatic carbocycles. The standard InChI is InChI=1S/C19H21F3N4O2/c1-9-6-25-13(7-23(9)3)18(27)26(8-20)17-16(25)11-5-12(21)10(2)14(22)15(11)24(4)19(17)28/h5,9,13H,6-8H2,1-4H3. The summed E-state index contributed by atoms with van der Waals surface area (Å²) in [5.41, 5.74) is -0.888. The van der Waals surface area contributed by atoms with Crippen molar-refractivity contribution in [3.63, 3.8) is 0 Å². The summed E-state index contributed by atoms with van der Waals surface area (Å²) in [5.74, 6) is -2.12. The van der Waals surface area contributed by atoms with Crippen LogP contribution in [0.15, 0.2) is 10.9 Å². The van der Waals surface area contributed by atoms with Gasteiger partial charge >= 0.3 is 0 Å². The Balaban J connectivity index is 2.15. The van der Waals surface area contributed by atoms with Crippen LogP contribution in [0.3, 0.4) is 0 Å². The Labute approximate surface area is 159 Å². The number of hydrogen-bond donors (Lipinski definition) is 0. The zero-order valence-electron chi connectivity index (χ0n) is 16.1. The molecule has 0 spiro atoms. The van der Waals surface area contributed by atoms with Crippen LogP contribution >= 0.6 is 0 Å². The molecule has 6 nitrogen and oxygen atoms in total. The van der Waals surface area contributed by atoms with E-state index in [1.54, 1.807) is 4.90 Å². The van der Waals surface area contributed by atoms with Gasteiger partial charge in [-0.25, -0.2) is 13.2 Å². The highest BCUT2D eigenvalue weighted by molar-refractivity contribution is 6.11. The second kappa shape index (κ2) is 6.23. The summed E-state index contributed by atoms with van der Waals surface area (Å²) < 4.78 is 44.2. The molecule has 2 aromatic rings. The lowest BCUT2D eigenvalue weighted by Gasteiger charge is -2.49. The Morgan fingerprint density at radius 2 is 1.82 bits per heavy atom. The van der Waals surface area contributed by atoms with E-state index in [4.69, 9.17) is 0 Å². The van der Waals surface area contributed by atoms with E-state index in [2.05, 4.69) is 0 Å². The molecule has 4 rings (SSSR count). The number of halogens is 3. The van der Waals surface area contributed by atoms with E-state index in [0.29, 0.717) is 13.1 Å². The van der Waals surface area contributed by atoms with Gasteiger partial charge in [-0.05, 0) is 27.0 Å². The van der Waals surface area contributed by atoms with E-state index < -0.39 is 35.9 Å². The molecule has 0 radical (unpaired) electrons. The Morgan fingerprint density at radius 3 is 2.46 bits per heavy atom. The van der Waals surface area contributed by atoms with Gasteiger partial charge in [0, 0.05) is 37.1 Å². The summed E-state index contributed by atoms with van der Waals surface area (Å²) in [6, 6.07) is 0.471. The van der Waals surface area contributed by atoms with Crippen molar-refractivity contribution in [1.82, 2.24) is 9.47 Å². The molecule has 2 aliphatic rings. The lowest BCUT2D eigenvalue weighted by Crippen LogP contribution is -2.65. The van der Waals surface area contributed by atoms with Gasteiger partial charge in [0.15, 0.2) is 12.6 Å². The number of carbonyl (C=O) groups is 1. The molecule has 2 unspecified atom stereocenters. The zero-order chi connectivity index (χ0) is 20.5. The number of anilines is 2. The third-order valence-electron chi connectivity index (χ3n) is 6.02. The quantitative estimate of drug-likeness (QED) is 0.694. The first-order chi connectivity index (χ1) is 13.2. The molecule has 2 atom stereocenters. The maximum atomic E-state index is 14.9. The topological polar surface area (TPSA) is 48.8 Å². The number of aryl methyl sites for hydroxylation is 1. The van der Waals surface area contributed by atoms with Gasteiger partial charge < -0.3 is 9.47 Å². The highest BCUT2D eigenvalue weighted by Crippen LogP contribution is 2.42. The van der Waals surface area contributed by atoms with Crippen LogP contribution in [-0.4, -0.2) is 54.4 Å². The molecule has 0 saturated carbocycles. The van der Waals surface area contributed by atoms with Gasteiger partial charge in [-0.15, -0.1) is 0 Å². The SMILES string of the molecule is Cc1c(F)cc2c3c(c(=O)n(C)c2c1F)N(CF)C(=O)C1CN(C)C(C)CN31. The molecule has 0 aliphatic carbocycles. The summed E-state index contributed by atoms with van der Waals surface area (Å²) >= 11 is 0. The predicted molar refractivity (Wildman–Crippen MR) is 101 cm³/mol. The molecule has 1 fully saturated rings. The van der Waals surface area contributed by atoms with Crippen molar-refractivity contribution in [2.75, 3.05) is 36.7 Å². The van der Waals surface area contributed by atoms with E-state index in [1.807, 2.05) is 18.9 Å². The molecule has 2 aliphatic heterocycles. The summed E-state index contributed by atoms with van der Waals surface area (Å²) in [5, 5.41) is 0.158. The minimum Gasteiger partial charge on any atom is -0.354 e. The maximum absolute atomic E-state index is 14.9. The van der Waals surface area contributed by atoms with Crippen LogP contribution in [0.5, 0.6) is 0 Å². The molecule has 0 bridgehead atoms. The number of fused-ring (bicyclic) bond motifs is 5. The van der Waals surface area contributed by atoms with Gasteiger partial charge in [-0.2, -0.15) is 0 Å². The minimum atomic E-state index is -1.19. The van der Waals surface area contributed by atoms with Gasteiger partial charge in [0.2, 0.25) is 0 Å². The number of likely N-dealkylation sites (N-methyl/N-ethyl adjacent to an activating group) is 1. The lowest BCUT2D eigenvalue weighted by molar-refractivity contribution is -0.121. The van der Waals surface area contributed by atoms with Crippen molar-refractivity contribution < 1.29 is 18.0 Å². The van der Waals surface area contributed by atoms with Crippen molar-refractivity contribution >= 4 is 28.2 Å². The number of pyridine rings is 1. The summed E-state index contributed by atoms with van der Waals surface area (Å²) in [4.78, 5) is 30.4. The summed E-state index contributed by atoms with van der Waals surface area (Å²) in [6.45, 7) is 2.76. The third kappa shape index (κ3) is 2.32. The first kappa shape index (κ1) is 18.8. The number of rotatable bonds is 1. The van der Waals surface area contributed by atoms with Gasteiger partial charge in [0.05, 0.1) is 11.2 Å². The number of alkyl halides is 1. The largest absolute Gasteiger partial charge is 0.354 e. The molecule has 28 heavy (non-hydrogen) atoms. The van der Waals surface area contributed by atoms with E-state index in [9.17, 15) is 22.8 Å². The Morgan fingerprint density at radius 1 is 1.14 bits per heavy atom. The van der Waals surface area contributed by atoms with Crippen molar-refractivity contribution in [3.8, 4) is 0 Å². The van der Waals surface area contributed by atoms with Gasteiger partial charge in [-0.3, -0.25) is 19.4 Å². The Hall–Kier alpha value is -2.55. The van der Waals surface area contributed by atoms with Crippen molar-refractivity contribution in [2.24, 2.45) is 7.05 Å². The molecule has 9 heteroatoms. The lowest BCUT2D eigenvalue weighted by atomic mass is 9.98. The fraction of sp³-hybridized carbons (Fsp3) is 0.474. The number of hydrogen-bond acceptors (Lipinski definition) is 4. The monoisotopic (exact) mass is 394 g/mol. The van der Waals surface area contributed by atoms with Gasteiger partial charge in [0.25, 0.3) is 11.5 Å². The average Bonchev–Trinajstić information content (AvgIpc) is 2.65. The minimum absolute atomic E-state index is 0.0353. The van der Waals surface area contributed by atoms with E-state index in [0.717, 1.165) is 15.5 Å². The molecule has 1 saturated heterocycles. The highest BCUT2D eigenvalue weighted by Gasteiger charge is 2.45. The Kier molecular flexibility index (Phi) is 4.18. The molecule has 3 heterocycles. The number of benzene rings is 1. The van der Waals surface area contributed by atoms with Crippen LogP contribution in [0.2, 0.25) is 0 Å². The first-order valence-corrected chi connectivity index (χ1v) is 9.04.